The fourth-order valence-corrected chi connectivity index (χ4v) is 5.92. The summed E-state index contributed by atoms with van der Waals surface area (Å²) in [5.41, 5.74) is -1.36. The summed E-state index contributed by atoms with van der Waals surface area (Å²) >= 11 is 1.64. The number of rotatable bonds is 5. The summed E-state index contributed by atoms with van der Waals surface area (Å²) in [5.74, 6) is -0.768. The van der Waals surface area contributed by atoms with Crippen LogP contribution in [0.15, 0.2) is 35.2 Å². The minimum atomic E-state index is -1.08. The van der Waals surface area contributed by atoms with Gasteiger partial charge in [-0.1, -0.05) is 32.0 Å². The zero-order chi connectivity index (χ0) is 19.9. The molecule has 0 aliphatic heterocycles. The van der Waals surface area contributed by atoms with Crippen LogP contribution in [0.4, 0.5) is 0 Å². The molecule has 0 saturated heterocycles. The van der Waals surface area contributed by atoms with Gasteiger partial charge < -0.3 is 9.47 Å². The van der Waals surface area contributed by atoms with Crippen LogP contribution in [-0.2, 0) is 19.1 Å². The highest BCUT2D eigenvalue weighted by molar-refractivity contribution is 8.00. The molecule has 1 spiro atoms. The van der Waals surface area contributed by atoms with Gasteiger partial charge in [0.2, 0.25) is 0 Å². The van der Waals surface area contributed by atoms with Crippen LogP contribution in [-0.4, -0.2) is 35.8 Å². The minimum absolute atomic E-state index is 0.0339. The molecule has 3 rings (SSSR count). The summed E-state index contributed by atoms with van der Waals surface area (Å²) in [4.78, 5) is 28.0. The lowest BCUT2D eigenvalue weighted by Crippen LogP contribution is -2.58. The molecule has 0 N–H and O–H groups in total. The van der Waals surface area contributed by atoms with Crippen molar-refractivity contribution in [2.45, 2.75) is 75.4 Å². The Kier molecular flexibility index (Phi) is 5.59. The molecule has 2 atom stereocenters. The molecule has 0 heterocycles. The van der Waals surface area contributed by atoms with Crippen LogP contribution >= 0.6 is 11.8 Å². The first kappa shape index (κ1) is 20.6. The zero-order valence-corrected chi connectivity index (χ0v) is 17.7. The second kappa shape index (κ2) is 7.34. The fraction of sp³-hybridized carbons (Fsp3) is 0.636. The van der Waals surface area contributed by atoms with Crippen LogP contribution < -0.4 is 0 Å². The Morgan fingerprint density at radius 2 is 1.63 bits per heavy atom. The van der Waals surface area contributed by atoms with Crippen molar-refractivity contribution in [3.63, 3.8) is 0 Å². The van der Waals surface area contributed by atoms with Crippen molar-refractivity contribution >= 4 is 23.3 Å². The van der Waals surface area contributed by atoms with Crippen molar-refractivity contribution in [1.29, 1.82) is 0 Å². The van der Waals surface area contributed by atoms with Gasteiger partial charge in [0.25, 0.3) is 0 Å². The van der Waals surface area contributed by atoms with Crippen LogP contribution in [0.3, 0.4) is 0 Å². The predicted molar refractivity (Wildman–Crippen MR) is 107 cm³/mol. The van der Waals surface area contributed by atoms with E-state index in [9.17, 15) is 9.59 Å². The summed E-state index contributed by atoms with van der Waals surface area (Å²) in [7, 11) is 1.59. The van der Waals surface area contributed by atoms with Gasteiger partial charge in [0.15, 0.2) is 17.4 Å². The predicted octanol–water partition coefficient (Wildman–Crippen LogP) is 4.65. The minimum Gasteiger partial charge on any atom is -0.354 e. The van der Waals surface area contributed by atoms with Crippen molar-refractivity contribution in [3.8, 4) is 0 Å². The van der Waals surface area contributed by atoms with Gasteiger partial charge in [0.1, 0.15) is 5.41 Å². The Morgan fingerprint density at radius 1 is 1.04 bits per heavy atom. The molecule has 2 aliphatic rings. The second-order valence-electron chi connectivity index (χ2n) is 8.94. The van der Waals surface area contributed by atoms with Crippen LogP contribution in [0, 0.1) is 10.8 Å². The van der Waals surface area contributed by atoms with Gasteiger partial charge in [-0.05, 0) is 44.2 Å². The number of thioether (sulfide) groups is 1. The summed E-state index contributed by atoms with van der Waals surface area (Å²) in [5, 5.41) is -0.103. The Balaban J connectivity index is 1.99. The second-order valence-corrected chi connectivity index (χ2v) is 10.2. The summed E-state index contributed by atoms with van der Waals surface area (Å²) in [6, 6.07) is 10.0. The van der Waals surface area contributed by atoms with Crippen molar-refractivity contribution in [2.24, 2.45) is 10.8 Å². The lowest BCUT2D eigenvalue weighted by atomic mass is 9.61. The van der Waals surface area contributed by atoms with E-state index in [0.717, 1.165) is 11.3 Å². The van der Waals surface area contributed by atoms with Gasteiger partial charge in [-0.15, -0.1) is 11.8 Å². The van der Waals surface area contributed by atoms with Crippen molar-refractivity contribution in [3.05, 3.63) is 30.3 Å². The molecule has 2 aliphatic carbocycles. The lowest BCUT2D eigenvalue weighted by Gasteiger charge is -2.45. The van der Waals surface area contributed by atoms with E-state index < -0.39 is 17.3 Å². The maximum Gasteiger partial charge on any atom is 0.162 e. The summed E-state index contributed by atoms with van der Waals surface area (Å²) in [6.07, 6.45) is 1.86. The Hall–Kier alpha value is -1.17. The van der Waals surface area contributed by atoms with Gasteiger partial charge in [0.05, 0.1) is 6.10 Å². The number of Topliss-reactive ketones (excluding diaryl/α,β-unsaturated/α-hetero) is 2. The highest BCUT2D eigenvalue weighted by Gasteiger charge is 2.64. The molecule has 4 nitrogen and oxygen atoms in total. The summed E-state index contributed by atoms with van der Waals surface area (Å²) < 4.78 is 11.7. The Labute approximate surface area is 166 Å². The van der Waals surface area contributed by atoms with Crippen molar-refractivity contribution in [1.82, 2.24) is 0 Å². The molecule has 5 heteroatoms. The van der Waals surface area contributed by atoms with Crippen molar-refractivity contribution in [2.75, 3.05) is 7.11 Å². The average Bonchev–Trinajstić information content (AvgIpc) is 2.92. The molecule has 148 valence electrons. The maximum absolute atomic E-state index is 13.5. The van der Waals surface area contributed by atoms with E-state index in [0.29, 0.717) is 19.3 Å². The zero-order valence-electron chi connectivity index (χ0n) is 16.9. The summed E-state index contributed by atoms with van der Waals surface area (Å²) in [6.45, 7) is 7.66. The smallest absolute Gasteiger partial charge is 0.162 e. The molecule has 0 radical (unpaired) electrons. The average molecular weight is 391 g/mol. The molecule has 1 aromatic carbocycles. The monoisotopic (exact) mass is 390 g/mol. The number of ether oxygens (including phenoxy) is 2. The SMILES string of the molecule is COC(C)(C)O[C@H]1CC[C@H](Sc2ccccc2)C12C(=O)CC(C)(C)CC2=O. The molecule has 0 bridgehead atoms. The van der Waals surface area contributed by atoms with Gasteiger partial charge in [-0.3, -0.25) is 9.59 Å². The standard InChI is InChI=1S/C22H30O4S/c1-20(2)13-16(23)22(17(24)14-20)18(26-21(3,4)25-5)11-12-19(22)27-15-9-7-6-8-10-15/h6-10,18-19H,11-14H2,1-5H3/t18-,19-/m0/s1. The highest BCUT2D eigenvalue weighted by atomic mass is 32.2. The molecule has 0 unspecified atom stereocenters. The van der Waals surface area contributed by atoms with E-state index in [1.54, 1.807) is 18.9 Å². The van der Waals surface area contributed by atoms with E-state index in [-0.39, 0.29) is 22.2 Å². The third-order valence-electron chi connectivity index (χ3n) is 5.85. The largest absolute Gasteiger partial charge is 0.354 e. The molecular formula is C22H30O4S. The number of hydrogen-bond acceptors (Lipinski definition) is 5. The van der Waals surface area contributed by atoms with Crippen LogP contribution in [0.1, 0.15) is 53.4 Å². The van der Waals surface area contributed by atoms with E-state index in [1.807, 2.05) is 58.0 Å². The fourth-order valence-electron chi connectivity index (χ4n) is 4.42. The van der Waals surface area contributed by atoms with Crippen LogP contribution in [0.25, 0.3) is 0 Å². The number of carbonyl (C=O) groups is 2. The maximum atomic E-state index is 13.5. The number of benzene rings is 1. The normalized spacial score (nSPS) is 27.3. The Bertz CT molecular complexity index is 690. The number of methoxy groups -OCH3 is 1. The molecule has 0 amide bonds. The van der Waals surface area contributed by atoms with E-state index in [2.05, 4.69) is 0 Å². The molecule has 2 saturated carbocycles. The van der Waals surface area contributed by atoms with Crippen LogP contribution in [0.5, 0.6) is 0 Å². The first-order valence-electron chi connectivity index (χ1n) is 9.62. The molecule has 1 aromatic rings. The lowest BCUT2D eigenvalue weighted by molar-refractivity contribution is -0.238. The number of ketones is 2. The van der Waals surface area contributed by atoms with E-state index in [4.69, 9.17) is 9.47 Å². The number of hydrogen-bond donors (Lipinski definition) is 0. The molecule has 0 aromatic heterocycles. The topological polar surface area (TPSA) is 52.6 Å². The third kappa shape index (κ3) is 3.87. The van der Waals surface area contributed by atoms with Gasteiger partial charge in [-0.25, -0.2) is 0 Å². The quantitative estimate of drug-likeness (QED) is 0.541. The van der Waals surface area contributed by atoms with Gasteiger partial charge >= 0.3 is 0 Å². The Morgan fingerprint density at radius 3 is 2.19 bits per heavy atom. The van der Waals surface area contributed by atoms with E-state index >= 15 is 0 Å². The van der Waals surface area contributed by atoms with Crippen LogP contribution in [0.2, 0.25) is 0 Å². The third-order valence-corrected chi connectivity index (χ3v) is 7.28. The van der Waals surface area contributed by atoms with Crippen molar-refractivity contribution < 1.29 is 19.1 Å². The first-order valence-corrected chi connectivity index (χ1v) is 10.5. The first-order chi connectivity index (χ1) is 12.6. The van der Waals surface area contributed by atoms with E-state index in [1.165, 1.54) is 0 Å². The molecular weight excluding hydrogens is 360 g/mol. The van der Waals surface area contributed by atoms with Gasteiger partial charge in [0, 0.05) is 30.1 Å². The molecule has 27 heavy (non-hydrogen) atoms. The number of carbonyl (C=O) groups excluding carboxylic acids is 2. The highest BCUT2D eigenvalue weighted by Crippen LogP contribution is 2.56. The molecule has 2 fully saturated rings. The van der Waals surface area contributed by atoms with Gasteiger partial charge in [-0.2, -0.15) is 0 Å².